The molecule has 0 N–H and O–H groups in total. The highest BCUT2D eigenvalue weighted by molar-refractivity contribution is 7.92. The van der Waals surface area contributed by atoms with E-state index in [1.807, 2.05) is 13.0 Å². The van der Waals surface area contributed by atoms with Crippen molar-refractivity contribution in [3.8, 4) is 5.69 Å². The minimum atomic E-state index is -3.64. The van der Waals surface area contributed by atoms with Crippen molar-refractivity contribution in [2.24, 2.45) is 5.41 Å². The monoisotopic (exact) mass is 533 g/mol. The van der Waals surface area contributed by atoms with Crippen molar-refractivity contribution in [1.29, 1.82) is 0 Å². The number of Topliss-reactive ketones (excluding diaryl/α,β-unsaturated/α-hetero) is 1. The van der Waals surface area contributed by atoms with Gasteiger partial charge in [0.2, 0.25) is 5.78 Å². The van der Waals surface area contributed by atoms with Gasteiger partial charge in [0.25, 0.3) is 0 Å². The van der Waals surface area contributed by atoms with E-state index in [1.54, 1.807) is 58.9 Å². The number of sulfone groups is 1. The fourth-order valence-corrected chi connectivity index (χ4v) is 8.09. The van der Waals surface area contributed by atoms with Crippen molar-refractivity contribution in [1.82, 2.24) is 14.8 Å². The summed E-state index contributed by atoms with van der Waals surface area (Å²) in [6.07, 6.45) is 6.73. The minimum absolute atomic E-state index is 0.141. The van der Waals surface area contributed by atoms with Crippen LogP contribution in [0, 0.1) is 18.2 Å². The average molecular weight is 534 g/mol. The number of aryl methyl sites for hydroxylation is 1. The lowest BCUT2D eigenvalue weighted by Crippen LogP contribution is -2.45. The third-order valence-electron chi connectivity index (χ3n) is 7.54. The number of carbonyl (C=O) groups excluding carboxylic acids is 1. The molecule has 6 nitrogen and oxygen atoms in total. The van der Waals surface area contributed by atoms with Crippen LogP contribution in [-0.2, 0) is 16.3 Å². The van der Waals surface area contributed by atoms with Gasteiger partial charge in [0.05, 0.1) is 33.1 Å². The lowest BCUT2D eigenvalue weighted by molar-refractivity contribution is 0.0802. The van der Waals surface area contributed by atoms with Crippen LogP contribution < -0.4 is 0 Å². The van der Waals surface area contributed by atoms with Gasteiger partial charge in [0.1, 0.15) is 5.82 Å². The molecule has 2 aromatic carbocycles. The molecule has 0 amide bonds. The van der Waals surface area contributed by atoms with E-state index in [4.69, 9.17) is 0 Å². The maximum absolute atomic E-state index is 14.0. The highest BCUT2D eigenvalue weighted by atomic mass is 32.2. The quantitative estimate of drug-likeness (QED) is 0.312. The summed E-state index contributed by atoms with van der Waals surface area (Å²) >= 11 is 1.27. The normalized spacial score (nSPS) is 21.1. The largest absolute Gasteiger partial charge is 0.290 e. The zero-order valence-corrected chi connectivity index (χ0v) is 21.7. The molecular weight excluding hydrogens is 509 g/mol. The highest BCUT2D eigenvalue weighted by Crippen LogP contribution is 2.52. The van der Waals surface area contributed by atoms with Crippen LogP contribution in [0.5, 0.6) is 0 Å². The van der Waals surface area contributed by atoms with Gasteiger partial charge in [-0.25, -0.2) is 22.5 Å². The van der Waals surface area contributed by atoms with Crippen molar-refractivity contribution in [2.45, 2.75) is 42.8 Å². The lowest BCUT2D eigenvalue weighted by atomic mass is 9.62. The molecule has 1 fully saturated rings. The van der Waals surface area contributed by atoms with E-state index in [9.17, 15) is 17.6 Å². The average Bonchev–Trinajstić information content (AvgIpc) is 3.57. The number of hydrogen-bond acceptors (Lipinski definition) is 6. The number of allylic oxidation sites excluding steroid dienone is 1. The van der Waals surface area contributed by atoms with E-state index in [0.29, 0.717) is 30.0 Å². The van der Waals surface area contributed by atoms with Gasteiger partial charge in [-0.15, -0.1) is 11.3 Å². The molecule has 0 spiro atoms. The summed E-state index contributed by atoms with van der Waals surface area (Å²) in [5, 5.41) is 5.99. The molecule has 37 heavy (non-hydrogen) atoms. The molecular formula is C28H24FN3O3S2. The van der Waals surface area contributed by atoms with E-state index in [2.05, 4.69) is 10.1 Å². The summed E-state index contributed by atoms with van der Waals surface area (Å²) in [6.45, 7) is 1.92. The molecule has 0 unspecified atom stereocenters. The summed E-state index contributed by atoms with van der Waals surface area (Å²) in [7, 11) is -3.64. The number of thiazole rings is 1. The van der Waals surface area contributed by atoms with Gasteiger partial charge in [-0.2, -0.15) is 5.10 Å². The molecule has 9 heteroatoms. The van der Waals surface area contributed by atoms with Gasteiger partial charge in [-0.05, 0) is 80.6 Å². The number of aromatic nitrogens is 3. The molecule has 2 aliphatic carbocycles. The van der Waals surface area contributed by atoms with E-state index in [1.165, 1.54) is 23.5 Å². The first-order chi connectivity index (χ1) is 17.8. The van der Waals surface area contributed by atoms with Gasteiger partial charge in [0, 0.05) is 11.6 Å². The molecule has 0 saturated heterocycles. The van der Waals surface area contributed by atoms with Gasteiger partial charge < -0.3 is 0 Å². The summed E-state index contributed by atoms with van der Waals surface area (Å²) < 4.78 is 42.6. The number of hydrogen-bond donors (Lipinski definition) is 0. The molecule has 0 aliphatic heterocycles. The maximum atomic E-state index is 14.0. The van der Waals surface area contributed by atoms with Gasteiger partial charge in [0.15, 0.2) is 14.8 Å². The molecule has 0 bridgehead atoms. The van der Waals surface area contributed by atoms with Crippen LogP contribution in [-0.4, -0.2) is 34.2 Å². The summed E-state index contributed by atoms with van der Waals surface area (Å²) in [6, 6.07) is 13.0. The van der Waals surface area contributed by atoms with Crippen molar-refractivity contribution in [3.05, 3.63) is 99.5 Å². The highest BCUT2D eigenvalue weighted by Gasteiger charge is 2.52. The van der Waals surface area contributed by atoms with Crippen molar-refractivity contribution in [3.63, 3.8) is 0 Å². The molecule has 1 saturated carbocycles. The van der Waals surface area contributed by atoms with Crippen molar-refractivity contribution in [2.75, 3.05) is 0 Å². The van der Waals surface area contributed by atoms with Crippen LogP contribution in [0.15, 0.2) is 76.8 Å². The molecule has 2 aromatic heterocycles. The second-order valence-electron chi connectivity index (χ2n) is 9.76. The Bertz CT molecular complexity index is 1620. The molecule has 2 heterocycles. The first-order valence-corrected chi connectivity index (χ1v) is 14.5. The molecule has 2 atom stereocenters. The zero-order chi connectivity index (χ0) is 25.8. The molecule has 4 aromatic rings. The van der Waals surface area contributed by atoms with Crippen LogP contribution in [0.4, 0.5) is 4.39 Å². The number of fused-ring (bicyclic) bond motifs is 2. The number of halogens is 1. The van der Waals surface area contributed by atoms with Crippen molar-refractivity contribution < 1.29 is 17.6 Å². The van der Waals surface area contributed by atoms with E-state index in [0.717, 1.165) is 22.4 Å². The van der Waals surface area contributed by atoms with Crippen LogP contribution >= 0.6 is 11.3 Å². The van der Waals surface area contributed by atoms with Gasteiger partial charge >= 0.3 is 0 Å². The fraction of sp³-hybridized carbons (Fsp3) is 0.250. The van der Waals surface area contributed by atoms with E-state index < -0.39 is 20.5 Å². The Morgan fingerprint density at radius 1 is 1.14 bits per heavy atom. The standard InChI is InChI=1S/C28H24FN3O3S2/c1-18-2-9-23(10-3-18)37(34,35)24-11-4-20-14-25-19(17-31-32(25)22-7-5-21(29)6-8-22)15-28(20,16-24)26(33)27-30-12-13-36-27/h2-3,5-10,12-14,17,24H,4,11,15-16H2,1H3/t24-,28-/m0/s1. The molecule has 188 valence electrons. The Labute approximate surface area is 218 Å². The summed E-state index contributed by atoms with van der Waals surface area (Å²) in [5.41, 5.74) is 3.28. The summed E-state index contributed by atoms with van der Waals surface area (Å²) in [4.78, 5) is 18.6. The zero-order valence-electron chi connectivity index (χ0n) is 20.1. The van der Waals surface area contributed by atoms with Crippen LogP contribution in [0.25, 0.3) is 11.8 Å². The Balaban J connectivity index is 1.44. The second-order valence-corrected chi connectivity index (χ2v) is 12.9. The topological polar surface area (TPSA) is 81.9 Å². The molecule has 2 aliphatic rings. The van der Waals surface area contributed by atoms with Crippen LogP contribution in [0.1, 0.15) is 45.9 Å². The second kappa shape index (κ2) is 8.85. The first kappa shape index (κ1) is 23.9. The third kappa shape index (κ3) is 3.97. The third-order valence-corrected chi connectivity index (χ3v) is 10.5. The first-order valence-electron chi connectivity index (χ1n) is 12.1. The van der Waals surface area contributed by atoms with Crippen LogP contribution in [0.3, 0.4) is 0 Å². The number of benzene rings is 2. The van der Waals surface area contributed by atoms with Gasteiger partial charge in [-0.3, -0.25) is 4.79 Å². The summed E-state index contributed by atoms with van der Waals surface area (Å²) in [5.74, 6) is -0.470. The fourth-order valence-electron chi connectivity index (χ4n) is 5.58. The Kier molecular flexibility index (Phi) is 5.72. The Morgan fingerprint density at radius 3 is 2.59 bits per heavy atom. The Hall–Kier alpha value is -3.43. The lowest BCUT2D eigenvalue weighted by Gasteiger charge is -2.43. The SMILES string of the molecule is Cc1ccc(S(=O)(=O)[C@H]2CCC3=Cc4c(cnn4-c4ccc(F)cc4)C[C@]3(C(=O)c3nccs3)C2)cc1. The maximum Gasteiger partial charge on any atom is 0.201 e. The van der Waals surface area contributed by atoms with Gasteiger partial charge in [-0.1, -0.05) is 23.3 Å². The minimum Gasteiger partial charge on any atom is -0.290 e. The number of nitrogens with zero attached hydrogens (tertiary/aromatic N) is 3. The molecule has 6 rings (SSSR count). The smallest absolute Gasteiger partial charge is 0.201 e. The number of ketones is 1. The predicted octanol–water partition coefficient (Wildman–Crippen LogP) is 5.61. The van der Waals surface area contributed by atoms with Crippen molar-refractivity contribution >= 4 is 33.0 Å². The number of rotatable bonds is 5. The van der Waals surface area contributed by atoms with Crippen LogP contribution in [0.2, 0.25) is 0 Å². The van der Waals surface area contributed by atoms with E-state index >= 15 is 0 Å². The predicted molar refractivity (Wildman–Crippen MR) is 140 cm³/mol. The number of carbonyl (C=O) groups is 1. The molecule has 0 radical (unpaired) electrons. The van der Waals surface area contributed by atoms with E-state index in [-0.39, 0.29) is 22.9 Å². The Morgan fingerprint density at radius 2 is 1.89 bits per heavy atom.